The molecule has 0 spiro atoms. The quantitative estimate of drug-likeness (QED) is 0.772. The number of fused-ring (bicyclic) bond motifs is 1. The molecule has 1 aliphatic carbocycles. The number of pyridine rings is 1. The first kappa shape index (κ1) is 17.1. The van der Waals surface area contributed by atoms with E-state index in [4.69, 9.17) is 15.2 Å². The highest BCUT2D eigenvalue weighted by Gasteiger charge is 2.32. The summed E-state index contributed by atoms with van der Waals surface area (Å²) in [6.45, 7) is 2.47. The Kier molecular flexibility index (Phi) is 4.44. The molecule has 3 heterocycles. The molecule has 1 saturated heterocycles. The van der Waals surface area contributed by atoms with Gasteiger partial charge in [0.1, 0.15) is 23.8 Å². The molecule has 2 aromatic heterocycles. The summed E-state index contributed by atoms with van der Waals surface area (Å²) in [4.78, 5) is 27.8. The highest BCUT2D eigenvalue weighted by Crippen LogP contribution is 2.36. The van der Waals surface area contributed by atoms with Crippen molar-refractivity contribution < 1.29 is 19.1 Å². The number of nitrogens with one attached hydrogen (secondary N) is 1. The average Bonchev–Trinajstić information content (AvgIpc) is 3.22. The lowest BCUT2D eigenvalue weighted by Gasteiger charge is -2.17. The summed E-state index contributed by atoms with van der Waals surface area (Å²) in [5, 5.41) is 4.83. The van der Waals surface area contributed by atoms with E-state index in [1.807, 2.05) is 5.38 Å². The van der Waals surface area contributed by atoms with Gasteiger partial charge in [0.15, 0.2) is 5.75 Å². The highest BCUT2D eigenvalue weighted by molar-refractivity contribution is 7.17. The summed E-state index contributed by atoms with van der Waals surface area (Å²) >= 11 is 1.44. The van der Waals surface area contributed by atoms with Gasteiger partial charge in [0.05, 0.1) is 10.7 Å². The van der Waals surface area contributed by atoms with E-state index in [-0.39, 0.29) is 29.9 Å². The fourth-order valence-corrected chi connectivity index (χ4v) is 4.04. The number of carbonyl (C=O) groups excluding carboxylic acids is 2. The van der Waals surface area contributed by atoms with Gasteiger partial charge in [-0.3, -0.25) is 9.59 Å². The molecule has 0 aromatic carbocycles. The number of thiophene rings is 1. The summed E-state index contributed by atoms with van der Waals surface area (Å²) in [5.41, 5.74) is 6.43. The third-order valence-electron chi connectivity index (χ3n) is 4.85. The van der Waals surface area contributed by atoms with E-state index in [2.05, 4.69) is 17.2 Å². The largest absolute Gasteiger partial charge is 0.488 e. The maximum atomic E-state index is 11.7. The summed E-state index contributed by atoms with van der Waals surface area (Å²) < 4.78 is 12.5. The second kappa shape index (κ2) is 6.75. The molecule has 2 fully saturated rings. The molecule has 26 heavy (non-hydrogen) atoms. The maximum Gasteiger partial charge on any atom is 0.254 e. The van der Waals surface area contributed by atoms with Crippen molar-refractivity contribution in [1.82, 2.24) is 10.3 Å². The Balaban J connectivity index is 1.57. The molecule has 138 valence electrons. The molecule has 3 N–H and O–H groups in total. The van der Waals surface area contributed by atoms with Gasteiger partial charge in [0.2, 0.25) is 11.8 Å². The fraction of sp³-hybridized carbons (Fsp3) is 0.500. The van der Waals surface area contributed by atoms with Crippen LogP contribution in [0.5, 0.6) is 11.6 Å². The first-order valence-electron chi connectivity index (χ1n) is 8.86. The lowest BCUT2D eigenvalue weighted by molar-refractivity contribution is -0.119. The number of nitrogens with zero attached hydrogens (tertiary/aromatic N) is 1. The number of carbonyl (C=O) groups is 2. The van der Waals surface area contributed by atoms with Crippen LogP contribution in [0.1, 0.15) is 43.0 Å². The van der Waals surface area contributed by atoms with Gasteiger partial charge < -0.3 is 20.5 Å². The zero-order chi connectivity index (χ0) is 18.3. The predicted molar refractivity (Wildman–Crippen MR) is 97.6 cm³/mol. The van der Waals surface area contributed by atoms with Crippen LogP contribution < -0.4 is 20.5 Å². The molecule has 0 bridgehead atoms. The van der Waals surface area contributed by atoms with Crippen molar-refractivity contribution >= 4 is 33.4 Å². The average molecular weight is 375 g/mol. The molecule has 1 saturated carbocycles. The van der Waals surface area contributed by atoms with E-state index in [0.717, 1.165) is 24.0 Å². The molecule has 2 atom stereocenters. The summed E-state index contributed by atoms with van der Waals surface area (Å²) in [6, 6.07) is 1.72. The number of amides is 2. The van der Waals surface area contributed by atoms with E-state index >= 15 is 0 Å². The summed E-state index contributed by atoms with van der Waals surface area (Å²) in [5.74, 6) is 0.722. The second-order valence-electron chi connectivity index (χ2n) is 6.83. The number of hydrogen-bond donors (Lipinski definition) is 2. The van der Waals surface area contributed by atoms with Crippen molar-refractivity contribution in [3.8, 4) is 11.6 Å². The monoisotopic (exact) mass is 375 g/mol. The van der Waals surface area contributed by atoms with Crippen LogP contribution in [0.3, 0.4) is 0 Å². The van der Waals surface area contributed by atoms with Crippen molar-refractivity contribution in [2.75, 3.05) is 6.61 Å². The van der Waals surface area contributed by atoms with Crippen LogP contribution in [0.4, 0.5) is 0 Å². The second-order valence-corrected chi connectivity index (χ2v) is 7.74. The normalized spacial score (nSPS) is 22.4. The van der Waals surface area contributed by atoms with Gasteiger partial charge >= 0.3 is 0 Å². The topological polar surface area (TPSA) is 104 Å². The van der Waals surface area contributed by atoms with Crippen LogP contribution in [0.15, 0.2) is 11.4 Å². The van der Waals surface area contributed by atoms with Gasteiger partial charge in [0, 0.05) is 11.8 Å². The van der Waals surface area contributed by atoms with Gasteiger partial charge in [-0.05, 0) is 24.8 Å². The van der Waals surface area contributed by atoms with Crippen molar-refractivity contribution in [3.05, 3.63) is 17.0 Å². The highest BCUT2D eigenvalue weighted by atomic mass is 32.1. The van der Waals surface area contributed by atoms with Crippen molar-refractivity contribution in [2.45, 2.75) is 44.8 Å². The van der Waals surface area contributed by atoms with Crippen LogP contribution in [0, 0.1) is 5.92 Å². The van der Waals surface area contributed by atoms with E-state index in [9.17, 15) is 9.59 Å². The minimum Gasteiger partial charge on any atom is -0.488 e. The minimum absolute atomic E-state index is 0.00882. The Morgan fingerprint density at radius 3 is 2.96 bits per heavy atom. The van der Waals surface area contributed by atoms with Crippen LogP contribution in [0.25, 0.3) is 10.2 Å². The fourth-order valence-electron chi connectivity index (χ4n) is 3.18. The molecule has 2 aliphatic rings. The van der Waals surface area contributed by atoms with Crippen molar-refractivity contribution in [2.24, 2.45) is 11.7 Å². The Morgan fingerprint density at radius 2 is 2.27 bits per heavy atom. The van der Waals surface area contributed by atoms with Gasteiger partial charge in [0.25, 0.3) is 5.91 Å². The predicted octanol–water partition coefficient (Wildman–Crippen LogP) is 2.23. The first-order chi connectivity index (χ1) is 12.5. The molecule has 2 unspecified atom stereocenters. The molecule has 2 aromatic rings. The zero-order valence-corrected chi connectivity index (χ0v) is 15.3. The molecule has 0 radical (unpaired) electrons. The number of rotatable bonds is 7. The molecule has 1 aliphatic heterocycles. The SMILES string of the molecule is CCC1CC(=O)NC1COc1csc2cc(C(N)=O)c(OC3CC3)nc12. The van der Waals surface area contributed by atoms with Crippen LogP contribution in [-0.2, 0) is 4.79 Å². The third kappa shape index (κ3) is 3.33. The lowest BCUT2D eigenvalue weighted by Crippen LogP contribution is -2.34. The minimum atomic E-state index is -0.551. The van der Waals surface area contributed by atoms with Crippen molar-refractivity contribution in [3.63, 3.8) is 0 Å². The van der Waals surface area contributed by atoms with Gasteiger partial charge in [-0.1, -0.05) is 13.3 Å². The summed E-state index contributed by atoms with van der Waals surface area (Å²) in [7, 11) is 0. The van der Waals surface area contributed by atoms with E-state index in [1.165, 1.54) is 11.3 Å². The third-order valence-corrected chi connectivity index (χ3v) is 5.75. The van der Waals surface area contributed by atoms with Crippen LogP contribution in [0.2, 0.25) is 0 Å². The molecule has 7 nitrogen and oxygen atoms in total. The van der Waals surface area contributed by atoms with Gasteiger partial charge in [-0.15, -0.1) is 11.3 Å². The number of primary amides is 1. The number of ether oxygens (including phenoxy) is 2. The maximum absolute atomic E-state index is 11.7. The van der Waals surface area contributed by atoms with Gasteiger partial charge in [-0.2, -0.15) is 0 Å². The molecular weight excluding hydrogens is 354 g/mol. The van der Waals surface area contributed by atoms with Crippen LogP contribution in [-0.4, -0.2) is 35.6 Å². The molecule has 2 amide bonds. The Morgan fingerprint density at radius 1 is 1.46 bits per heavy atom. The zero-order valence-electron chi connectivity index (χ0n) is 14.5. The number of aromatic nitrogens is 1. The van der Waals surface area contributed by atoms with Gasteiger partial charge in [-0.25, -0.2) is 4.98 Å². The number of hydrogen-bond acceptors (Lipinski definition) is 6. The Labute approximate surface area is 154 Å². The molecule has 8 heteroatoms. The first-order valence-corrected chi connectivity index (χ1v) is 9.74. The smallest absolute Gasteiger partial charge is 0.254 e. The molecular formula is C18H21N3O4S. The standard InChI is InChI=1S/C18H21N3O4S/c1-2-9-5-15(22)20-12(9)7-24-13-8-26-14-6-11(17(19)23)18(21-16(13)14)25-10-3-4-10/h6,8-10,12H,2-5,7H2,1H3,(H2,19,23)(H,20,22). The Bertz CT molecular complexity index is 861. The lowest BCUT2D eigenvalue weighted by atomic mass is 9.98. The van der Waals surface area contributed by atoms with Crippen LogP contribution >= 0.6 is 11.3 Å². The van der Waals surface area contributed by atoms with E-state index in [0.29, 0.717) is 29.9 Å². The van der Waals surface area contributed by atoms with Crippen molar-refractivity contribution in [1.29, 1.82) is 0 Å². The molecule has 4 rings (SSSR count). The Hall–Kier alpha value is -2.35. The summed E-state index contributed by atoms with van der Waals surface area (Å²) in [6.07, 6.45) is 3.51. The van der Waals surface area contributed by atoms with E-state index < -0.39 is 5.91 Å². The van der Waals surface area contributed by atoms with E-state index in [1.54, 1.807) is 6.07 Å². The number of nitrogens with two attached hydrogens (primary N) is 1.